The van der Waals surface area contributed by atoms with Crippen molar-refractivity contribution < 1.29 is 10.0 Å². The summed E-state index contributed by atoms with van der Waals surface area (Å²) < 4.78 is 1.46. The van der Waals surface area contributed by atoms with E-state index in [0.717, 1.165) is 31.8 Å². The number of aliphatic hydroxyl groups is 1. The van der Waals surface area contributed by atoms with Gasteiger partial charge in [-0.25, -0.2) is 0 Å². The third kappa shape index (κ3) is 4.40. The second-order valence-electron chi connectivity index (χ2n) is 6.71. The van der Waals surface area contributed by atoms with Crippen molar-refractivity contribution in [1.82, 2.24) is 19.7 Å². The molecule has 0 bridgehead atoms. The van der Waals surface area contributed by atoms with E-state index in [0.29, 0.717) is 17.8 Å². The van der Waals surface area contributed by atoms with Gasteiger partial charge in [0.05, 0.1) is 17.6 Å². The third-order valence-electron chi connectivity index (χ3n) is 4.64. The number of hydrogen-bond donors (Lipinski definition) is 1. The largest absolute Gasteiger partial charge is 0.390 e. The Morgan fingerprint density at radius 1 is 1.32 bits per heavy atom. The Bertz CT molecular complexity index is 710. The van der Waals surface area contributed by atoms with E-state index in [1.165, 1.54) is 10.9 Å². The molecular weight excluding hydrogens is 322 g/mol. The first-order valence-electron chi connectivity index (χ1n) is 8.55. The van der Waals surface area contributed by atoms with Gasteiger partial charge in [0.1, 0.15) is 6.20 Å². The molecule has 1 atom stereocenters. The van der Waals surface area contributed by atoms with E-state index in [1.54, 1.807) is 24.5 Å². The number of aliphatic hydroxyl groups excluding tert-OH is 1. The van der Waals surface area contributed by atoms with E-state index in [4.69, 9.17) is 0 Å². The van der Waals surface area contributed by atoms with Crippen LogP contribution in [0.25, 0.3) is 11.3 Å². The van der Waals surface area contributed by atoms with Crippen molar-refractivity contribution >= 4 is 5.69 Å². The van der Waals surface area contributed by atoms with Crippen LogP contribution < -0.4 is 0 Å². The molecule has 8 heteroatoms. The number of pyridine rings is 1. The van der Waals surface area contributed by atoms with E-state index >= 15 is 0 Å². The van der Waals surface area contributed by atoms with Gasteiger partial charge in [-0.2, -0.15) is 5.10 Å². The quantitative estimate of drug-likeness (QED) is 0.635. The molecule has 2 aromatic heterocycles. The fourth-order valence-electron chi connectivity index (χ4n) is 3.17. The van der Waals surface area contributed by atoms with Crippen LogP contribution in [0, 0.1) is 16.0 Å². The molecule has 0 unspecified atom stereocenters. The SMILES string of the molecule is CC1CCN(C[C@@H](O)Cn2cc([N+](=O)[O-])c(-c3ccncc3)n2)CC1. The Hall–Kier alpha value is -2.32. The molecule has 25 heavy (non-hydrogen) atoms. The van der Waals surface area contributed by atoms with E-state index in [1.807, 2.05) is 0 Å². The minimum atomic E-state index is -0.613. The minimum absolute atomic E-state index is 0.0646. The molecular formula is C17H23N5O3. The molecule has 1 aliphatic heterocycles. The molecule has 1 N–H and O–H groups in total. The summed E-state index contributed by atoms with van der Waals surface area (Å²) in [4.78, 5) is 17.0. The van der Waals surface area contributed by atoms with Crippen molar-refractivity contribution in [2.45, 2.75) is 32.4 Å². The first kappa shape index (κ1) is 17.5. The molecule has 134 valence electrons. The monoisotopic (exact) mass is 345 g/mol. The van der Waals surface area contributed by atoms with Gasteiger partial charge in [0.2, 0.25) is 0 Å². The van der Waals surface area contributed by atoms with Crippen molar-refractivity contribution in [2.24, 2.45) is 5.92 Å². The van der Waals surface area contributed by atoms with Gasteiger partial charge >= 0.3 is 5.69 Å². The van der Waals surface area contributed by atoms with Crippen LogP contribution in [0.4, 0.5) is 5.69 Å². The van der Waals surface area contributed by atoms with Crippen LogP contribution in [0.1, 0.15) is 19.8 Å². The van der Waals surface area contributed by atoms with Crippen molar-refractivity contribution in [3.05, 3.63) is 40.8 Å². The summed E-state index contributed by atoms with van der Waals surface area (Å²) >= 11 is 0. The molecule has 2 aromatic rings. The first-order valence-corrected chi connectivity index (χ1v) is 8.55. The van der Waals surface area contributed by atoms with Gasteiger partial charge in [-0.1, -0.05) is 6.92 Å². The molecule has 0 amide bonds. The van der Waals surface area contributed by atoms with Crippen LogP contribution in [0.5, 0.6) is 0 Å². The van der Waals surface area contributed by atoms with Crippen molar-refractivity contribution in [1.29, 1.82) is 0 Å². The lowest BCUT2D eigenvalue weighted by atomic mass is 9.99. The lowest BCUT2D eigenvalue weighted by molar-refractivity contribution is -0.384. The average molecular weight is 345 g/mol. The number of hydrogen-bond acceptors (Lipinski definition) is 6. The van der Waals surface area contributed by atoms with Gasteiger partial charge in [0, 0.05) is 24.5 Å². The highest BCUT2D eigenvalue weighted by atomic mass is 16.6. The van der Waals surface area contributed by atoms with E-state index < -0.39 is 11.0 Å². The van der Waals surface area contributed by atoms with Crippen LogP contribution in [-0.2, 0) is 6.54 Å². The Labute approximate surface area is 146 Å². The number of nitrogens with zero attached hydrogens (tertiary/aromatic N) is 5. The fourth-order valence-corrected chi connectivity index (χ4v) is 3.17. The maximum Gasteiger partial charge on any atom is 0.314 e. The fraction of sp³-hybridized carbons (Fsp3) is 0.529. The van der Waals surface area contributed by atoms with Gasteiger partial charge in [0.15, 0.2) is 5.69 Å². The van der Waals surface area contributed by atoms with Crippen LogP contribution in [0.15, 0.2) is 30.7 Å². The second-order valence-corrected chi connectivity index (χ2v) is 6.71. The molecule has 0 aliphatic carbocycles. The zero-order valence-electron chi connectivity index (χ0n) is 14.3. The number of β-amino-alcohol motifs (C(OH)–C–C–N with tert-alkyl or cyclic N) is 1. The molecule has 0 radical (unpaired) electrons. The standard InChI is InChI=1S/C17H23N5O3/c1-13-4-8-20(9-5-13)10-15(23)11-21-12-16(22(24)25)17(19-21)14-2-6-18-7-3-14/h2-3,6-7,12-13,15,23H,4-5,8-11H2,1H3/t15-/m1/s1. The topological polar surface area (TPSA) is 97.3 Å². The molecule has 3 heterocycles. The summed E-state index contributed by atoms with van der Waals surface area (Å²) in [6.07, 6.45) is 6.21. The molecule has 0 aromatic carbocycles. The van der Waals surface area contributed by atoms with Crippen LogP contribution in [-0.4, -0.2) is 55.4 Å². The number of aromatic nitrogens is 3. The molecule has 8 nitrogen and oxygen atoms in total. The lowest BCUT2D eigenvalue weighted by Crippen LogP contribution is -2.39. The zero-order chi connectivity index (χ0) is 17.8. The van der Waals surface area contributed by atoms with Crippen molar-refractivity contribution in [2.75, 3.05) is 19.6 Å². The Kier molecular flexibility index (Phi) is 5.40. The summed E-state index contributed by atoms with van der Waals surface area (Å²) in [5.74, 6) is 0.741. The summed E-state index contributed by atoms with van der Waals surface area (Å²) in [5.41, 5.74) is 0.872. The van der Waals surface area contributed by atoms with Gasteiger partial charge in [-0.05, 0) is 44.0 Å². The maximum atomic E-state index is 11.3. The number of nitro groups is 1. The van der Waals surface area contributed by atoms with Crippen LogP contribution >= 0.6 is 0 Å². The summed E-state index contributed by atoms with van der Waals surface area (Å²) in [6.45, 7) is 5.01. The van der Waals surface area contributed by atoms with Gasteiger partial charge in [-0.3, -0.25) is 19.8 Å². The molecule has 0 saturated carbocycles. The van der Waals surface area contributed by atoms with E-state index in [2.05, 4.69) is 21.9 Å². The van der Waals surface area contributed by atoms with Gasteiger partial charge in [-0.15, -0.1) is 0 Å². The van der Waals surface area contributed by atoms with Gasteiger partial charge < -0.3 is 10.0 Å². The predicted molar refractivity (Wildman–Crippen MR) is 93.0 cm³/mol. The minimum Gasteiger partial charge on any atom is -0.390 e. The number of likely N-dealkylation sites (tertiary alicyclic amines) is 1. The van der Waals surface area contributed by atoms with Crippen molar-refractivity contribution in [3.8, 4) is 11.3 Å². The highest BCUT2D eigenvalue weighted by Gasteiger charge is 2.23. The van der Waals surface area contributed by atoms with Crippen LogP contribution in [0.3, 0.4) is 0 Å². The maximum absolute atomic E-state index is 11.3. The Balaban J connectivity index is 1.69. The Morgan fingerprint density at radius 3 is 2.64 bits per heavy atom. The smallest absolute Gasteiger partial charge is 0.314 e. The Morgan fingerprint density at radius 2 is 2.00 bits per heavy atom. The normalized spacial score (nSPS) is 17.5. The molecule has 3 rings (SSSR count). The second kappa shape index (κ2) is 7.71. The average Bonchev–Trinajstić information content (AvgIpc) is 3.02. The van der Waals surface area contributed by atoms with Gasteiger partial charge in [0.25, 0.3) is 0 Å². The molecule has 0 spiro atoms. The van der Waals surface area contributed by atoms with E-state index in [9.17, 15) is 15.2 Å². The predicted octanol–water partition coefficient (Wildman–Crippen LogP) is 1.95. The van der Waals surface area contributed by atoms with Crippen LogP contribution in [0.2, 0.25) is 0 Å². The third-order valence-corrected chi connectivity index (χ3v) is 4.64. The number of rotatable bonds is 6. The summed E-state index contributed by atoms with van der Waals surface area (Å²) in [5, 5.41) is 26.0. The summed E-state index contributed by atoms with van der Waals surface area (Å²) in [6, 6.07) is 3.37. The first-order chi connectivity index (χ1) is 12.0. The molecule has 1 saturated heterocycles. The van der Waals surface area contributed by atoms with E-state index in [-0.39, 0.29) is 12.2 Å². The lowest BCUT2D eigenvalue weighted by Gasteiger charge is -2.31. The summed E-state index contributed by atoms with van der Waals surface area (Å²) in [7, 11) is 0. The zero-order valence-corrected chi connectivity index (χ0v) is 14.3. The highest BCUT2D eigenvalue weighted by Crippen LogP contribution is 2.27. The molecule has 1 aliphatic rings. The highest BCUT2D eigenvalue weighted by molar-refractivity contribution is 5.68. The molecule has 1 fully saturated rings. The number of piperidine rings is 1. The van der Waals surface area contributed by atoms with Crippen molar-refractivity contribution in [3.63, 3.8) is 0 Å².